The summed E-state index contributed by atoms with van der Waals surface area (Å²) in [4.78, 5) is 38.5. The topological polar surface area (TPSA) is 78.9 Å². The van der Waals surface area contributed by atoms with Gasteiger partial charge in [-0.3, -0.25) is 14.4 Å². The Bertz CT molecular complexity index is 1700. The van der Waals surface area contributed by atoms with Gasteiger partial charge in [0, 0.05) is 19.3 Å². The summed E-state index contributed by atoms with van der Waals surface area (Å²) in [5.74, 6) is -0.910. The van der Waals surface area contributed by atoms with Crippen LogP contribution in [0.15, 0.2) is 122 Å². The maximum absolute atomic E-state index is 13.0. The quantitative estimate of drug-likeness (QED) is 0.0261. The Morgan fingerprint density at radius 3 is 0.735 bits per heavy atom. The first-order valence-corrected chi connectivity index (χ1v) is 35.0. The molecule has 0 saturated carbocycles. The van der Waals surface area contributed by atoms with Crippen molar-refractivity contribution in [3.63, 3.8) is 0 Å². The van der Waals surface area contributed by atoms with Crippen LogP contribution >= 0.6 is 0 Å². The molecule has 0 fully saturated rings. The van der Waals surface area contributed by atoms with Gasteiger partial charge in [0.25, 0.3) is 0 Å². The van der Waals surface area contributed by atoms with Crippen LogP contribution < -0.4 is 0 Å². The van der Waals surface area contributed by atoms with E-state index in [1.807, 2.05) is 0 Å². The van der Waals surface area contributed by atoms with Crippen molar-refractivity contribution in [3.05, 3.63) is 122 Å². The third-order valence-electron chi connectivity index (χ3n) is 15.0. The molecule has 0 aliphatic heterocycles. The number of hydrogen-bond acceptors (Lipinski definition) is 6. The van der Waals surface area contributed by atoms with Gasteiger partial charge in [-0.25, -0.2) is 0 Å². The molecule has 6 heteroatoms. The van der Waals surface area contributed by atoms with Crippen LogP contribution in [-0.2, 0) is 28.6 Å². The van der Waals surface area contributed by atoms with E-state index in [-0.39, 0.29) is 31.1 Å². The van der Waals surface area contributed by atoms with Gasteiger partial charge in [0.15, 0.2) is 6.10 Å². The van der Waals surface area contributed by atoms with E-state index in [0.29, 0.717) is 19.3 Å². The van der Waals surface area contributed by atoms with Crippen molar-refractivity contribution in [2.45, 2.75) is 335 Å². The van der Waals surface area contributed by atoms with Crippen LogP contribution in [0.2, 0.25) is 0 Å². The van der Waals surface area contributed by atoms with Gasteiger partial charge >= 0.3 is 17.9 Å². The van der Waals surface area contributed by atoms with Crippen molar-refractivity contribution < 1.29 is 28.6 Å². The largest absolute Gasteiger partial charge is 0.462 e. The Labute approximate surface area is 513 Å². The summed E-state index contributed by atoms with van der Waals surface area (Å²) in [7, 11) is 0. The Hall–Kier alpha value is -4.19. The van der Waals surface area contributed by atoms with Crippen LogP contribution in [-0.4, -0.2) is 37.2 Å². The SMILES string of the molecule is CC/C=C\C/C=C\C/C=C\C/C=C\C/C=C\C/C=C\CCCCCCC(=O)OCC(COC(=O)CCCCCCCCCCCCCCCCCCCCCCC)OC(=O)CCCCCCCCCC/C=C\C/C=C\C/C=C\C/C=C\CC. The Kier molecular flexibility index (Phi) is 66.7. The summed E-state index contributed by atoms with van der Waals surface area (Å²) in [5.41, 5.74) is 0. The number of carbonyl (C=O) groups is 3. The molecule has 0 heterocycles. The molecule has 1 unspecified atom stereocenters. The van der Waals surface area contributed by atoms with Gasteiger partial charge in [-0.05, 0) is 109 Å². The summed E-state index contributed by atoms with van der Waals surface area (Å²) in [6.07, 6.45) is 97.8. The van der Waals surface area contributed by atoms with Gasteiger partial charge in [-0.1, -0.05) is 322 Å². The van der Waals surface area contributed by atoms with Crippen LogP contribution in [0.4, 0.5) is 0 Å². The average Bonchev–Trinajstić information content (AvgIpc) is 3.49. The minimum atomic E-state index is -0.798. The Morgan fingerprint density at radius 1 is 0.253 bits per heavy atom. The Balaban J connectivity index is 4.45. The molecule has 6 nitrogen and oxygen atoms in total. The number of allylic oxidation sites excluding steroid dienone is 20. The number of esters is 3. The van der Waals surface area contributed by atoms with E-state index in [9.17, 15) is 14.4 Å². The zero-order chi connectivity index (χ0) is 59.9. The minimum Gasteiger partial charge on any atom is -0.462 e. The van der Waals surface area contributed by atoms with Crippen LogP contribution in [0.1, 0.15) is 329 Å². The van der Waals surface area contributed by atoms with Crippen molar-refractivity contribution in [3.8, 4) is 0 Å². The summed E-state index contributed by atoms with van der Waals surface area (Å²) >= 11 is 0. The van der Waals surface area contributed by atoms with Crippen LogP contribution in [0, 0.1) is 0 Å². The van der Waals surface area contributed by atoms with Crippen LogP contribution in [0.25, 0.3) is 0 Å². The van der Waals surface area contributed by atoms with Crippen molar-refractivity contribution in [1.82, 2.24) is 0 Å². The third kappa shape index (κ3) is 68.5. The molecule has 83 heavy (non-hydrogen) atoms. The molecule has 0 rings (SSSR count). The number of hydrogen-bond donors (Lipinski definition) is 0. The maximum Gasteiger partial charge on any atom is 0.306 e. The van der Waals surface area contributed by atoms with Gasteiger partial charge < -0.3 is 14.2 Å². The van der Waals surface area contributed by atoms with Gasteiger partial charge in [0.1, 0.15) is 13.2 Å². The molecule has 0 aromatic heterocycles. The fourth-order valence-electron chi connectivity index (χ4n) is 9.79. The zero-order valence-corrected chi connectivity index (χ0v) is 54.4. The first kappa shape index (κ1) is 78.8. The zero-order valence-electron chi connectivity index (χ0n) is 54.4. The van der Waals surface area contributed by atoms with E-state index in [1.54, 1.807) is 0 Å². The van der Waals surface area contributed by atoms with Gasteiger partial charge in [-0.15, -0.1) is 0 Å². The van der Waals surface area contributed by atoms with E-state index in [0.717, 1.165) is 141 Å². The molecule has 1 atom stereocenters. The maximum atomic E-state index is 13.0. The third-order valence-corrected chi connectivity index (χ3v) is 15.0. The number of ether oxygens (including phenoxy) is 3. The molecular formula is C77H130O6. The number of unbranched alkanes of at least 4 members (excludes halogenated alkanes) is 32. The van der Waals surface area contributed by atoms with Gasteiger partial charge in [0.05, 0.1) is 0 Å². The molecule has 0 spiro atoms. The highest BCUT2D eigenvalue weighted by Crippen LogP contribution is 2.17. The smallest absolute Gasteiger partial charge is 0.306 e. The molecule has 0 aliphatic carbocycles. The summed E-state index contributed by atoms with van der Waals surface area (Å²) in [6.45, 7) is 6.43. The molecular weight excluding hydrogens is 1020 g/mol. The van der Waals surface area contributed by atoms with Crippen molar-refractivity contribution in [2.24, 2.45) is 0 Å². The molecule has 0 aromatic carbocycles. The second-order valence-electron chi connectivity index (χ2n) is 23.0. The molecule has 474 valence electrons. The monoisotopic (exact) mass is 1150 g/mol. The Morgan fingerprint density at radius 2 is 0.470 bits per heavy atom. The highest BCUT2D eigenvalue weighted by Gasteiger charge is 2.19. The fourth-order valence-corrected chi connectivity index (χ4v) is 9.79. The highest BCUT2D eigenvalue weighted by molar-refractivity contribution is 5.71. The number of carbonyl (C=O) groups excluding carboxylic acids is 3. The van der Waals surface area contributed by atoms with Crippen molar-refractivity contribution >= 4 is 17.9 Å². The van der Waals surface area contributed by atoms with E-state index in [4.69, 9.17) is 14.2 Å². The van der Waals surface area contributed by atoms with E-state index in [1.165, 1.54) is 148 Å². The highest BCUT2D eigenvalue weighted by atomic mass is 16.6. The van der Waals surface area contributed by atoms with E-state index < -0.39 is 6.10 Å². The van der Waals surface area contributed by atoms with Crippen molar-refractivity contribution in [2.75, 3.05) is 13.2 Å². The summed E-state index contributed by atoms with van der Waals surface area (Å²) in [6, 6.07) is 0. The lowest BCUT2D eigenvalue weighted by molar-refractivity contribution is -0.167. The van der Waals surface area contributed by atoms with Gasteiger partial charge in [0.2, 0.25) is 0 Å². The lowest BCUT2D eigenvalue weighted by Gasteiger charge is -2.18. The van der Waals surface area contributed by atoms with E-state index >= 15 is 0 Å². The predicted octanol–water partition coefficient (Wildman–Crippen LogP) is 24.3. The normalized spacial score (nSPS) is 12.9. The minimum absolute atomic E-state index is 0.0893. The molecule has 0 aromatic rings. The molecule has 0 aliphatic rings. The molecule has 0 N–H and O–H groups in total. The predicted molar refractivity (Wildman–Crippen MR) is 362 cm³/mol. The lowest BCUT2D eigenvalue weighted by atomic mass is 10.0. The molecule has 0 bridgehead atoms. The van der Waals surface area contributed by atoms with E-state index in [2.05, 4.69) is 142 Å². The lowest BCUT2D eigenvalue weighted by Crippen LogP contribution is -2.30. The van der Waals surface area contributed by atoms with Crippen molar-refractivity contribution in [1.29, 1.82) is 0 Å². The first-order valence-electron chi connectivity index (χ1n) is 35.0. The summed E-state index contributed by atoms with van der Waals surface area (Å²) < 4.78 is 17.0. The van der Waals surface area contributed by atoms with Crippen LogP contribution in [0.3, 0.4) is 0 Å². The average molecular weight is 1150 g/mol. The van der Waals surface area contributed by atoms with Crippen LogP contribution in [0.5, 0.6) is 0 Å². The fraction of sp³-hybridized carbons (Fsp3) is 0.701. The summed E-state index contributed by atoms with van der Waals surface area (Å²) in [5, 5.41) is 0. The molecule has 0 amide bonds. The van der Waals surface area contributed by atoms with Gasteiger partial charge in [-0.2, -0.15) is 0 Å². The molecule has 0 radical (unpaired) electrons. The number of rotatable bonds is 63. The standard InChI is InChI=1S/C77H130O6/c1-4-7-10-13-16-19-22-25-28-31-34-37-38-41-43-46-49-52-55-58-61-64-67-70-76(79)82-73-74(83-77(80)71-68-65-62-59-56-53-50-47-44-40-36-33-30-27-24-21-18-15-12-9-6-3)72-81-75(78)69-66-63-60-57-54-51-48-45-42-39-35-32-29-26-23-20-17-14-11-8-5-2/h7,9-10,12,16,18-19,21,25,27-28,30,34,36-37,40-41,43,49,52,74H,4-6,8,11,13-15,17,20,22-24,26,29,31-33,35,38-39,42,44-48,50-51,53-73H2,1-3H3/b10-7-,12-9-,19-16-,21-18-,28-25-,30-27-,37-34-,40-36-,43-41-,52-49-. The molecule has 0 saturated heterocycles. The second-order valence-corrected chi connectivity index (χ2v) is 23.0. The first-order chi connectivity index (χ1) is 41.0. The second kappa shape index (κ2) is 70.3.